The van der Waals surface area contributed by atoms with Gasteiger partial charge in [0.05, 0.1) is 5.75 Å². The molecule has 0 spiro atoms. The van der Waals surface area contributed by atoms with Gasteiger partial charge in [0, 0.05) is 44.0 Å². The predicted octanol–water partition coefficient (Wildman–Crippen LogP) is 3.51. The molecule has 1 saturated heterocycles. The number of piperidine rings is 1. The molecule has 1 aromatic carbocycles. The summed E-state index contributed by atoms with van der Waals surface area (Å²) in [5, 5.41) is 0. The number of hydrogen-bond donors (Lipinski definition) is 0. The summed E-state index contributed by atoms with van der Waals surface area (Å²) >= 11 is 0. The summed E-state index contributed by atoms with van der Waals surface area (Å²) in [6, 6.07) is 11.4. The number of carbonyl (C=O) groups excluding carboxylic acids is 1. The molecule has 6 nitrogen and oxygen atoms in total. The van der Waals surface area contributed by atoms with E-state index in [0.717, 1.165) is 48.8 Å². The lowest BCUT2D eigenvalue weighted by atomic mass is 9.83. The molecule has 2 aromatic rings. The number of pyridine rings is 1. The van der Waals surface area contributed by atoms with E-state index in [4.69, 9.17) is 0 Å². The van der Waals surface area contributed by atoms with Gasteiger partial charge in [-0.05, 0) is 49.8 Å². The lowest BCUT2D eigenvalue weighted by Crippen LogP contribution is -2.53. The summed E-state index contributed by atoms with van der Waals surface area (Å²) in [4.78, 5) is 19.4. The molecule has 1 unspecified atom stereocenters. The van der Waals surface area contributed by atoms with Crippen molar-refractivity contribution in [2.45, 2.75) is 57.4 Å². The first-order chi connectivity index (χ1) is 14.9. The molecule has 166 valence electrons. The molecule has 0 bridgehead atoms. The van der Waals surface area contributed by atoms with Crippen LogP contribution in [0.5, 0.6) is 0 Å². The van der Waals surface area contributed by atoms with Crippen LogP contribution in [0.2, 0.25) is 0 Å². The quantitative estimate of drug-likeness (QED) is 0.659. The van der Waals surface area contributed by atoms with E-state index >= 15 is 0 Å². The first kappa shape index (κ1) is 22.0. The van der Waals surface area contributed by atoms with Crippen molar-refractivity contribution in [3.63, 3.8) is 0 Å². The molecule has 7 heteroatoms. The van der Waals surface area contributed by atoms with Crippen LogP contribution in [0.15, 0.2) is 48.8 Å². The normalized spacial score (nSPS) is 20.2. The van der Waals surface area contributed by atoms with Crippen LogP contribution in [-0.2, 0) is 27.1 Å². The SMILES string of the molecule is Cc1ccc(CS(=O)(=O)N2CCCC(N(Cc3cccnc3)C(=O)C3CCC3)C2)cc1. The molecule has 1 amide bonds. The molecule has 4 rings (SSSR count). The number of sulfonamides is 1. The first-order valence-corrected chi connectivity index (χ1v) is 12.8. The molecule has 1 saturated carbocycles. The van der Waals surface area contributed by atoms with Crippen LogP contribution in [0.25, 0.3) is 0 Å². The molecule has 0 radical (unpaired) electrons. The van der Waals surface area contributed by atoms with Crippen LogP contribution in [0.1, 0.15) is 48.8 Å². The average Bonchev–Trinajstić information content (AvgIpc) is 2.73. The number of aryl methyl sites for hydroxylation is 1. The van der Waals surface area contributed by atoms with Crippen molar-refractivity contribution in [2.24, 2.45) is 5.92 Å². The van der Waals surface area contributed by atoms with Crippen molar-refractivity contribution in [2.75, 3.05) is 13.1 Å². The van der Waals surface area contributed by atoms with E-state index in [1.165, 1.54) is 0 Å². The highest BCUT2D eigenvalue weighted by molar-refractivity contribution is 7.88. The van der Waals surface area contributed by atoms with E-state index in [9.17, 15) is 13.2 Å². The highest BCUT2D eigenvalue weighted by Crippen LogP contribution is 2.31. The minimum Gasteiger partial charge on any atom is -0.334 e. The number of hydrogen-bond acceptors (Lipinski definition) is 4. The van der Waals surface area contributed by atoms with E-state index in [2.05, 4.69) is 4.98 Å². The second kappa shape index (κ2) is 9.49. The summed E-state index contributed by atoms with van der Waals surface area (Å²) in [7, 11) is -3.44. The summed E-state index contributed by atoms with van der Waals surface area (Å²) in [5.41, 5.74) is 2.89. The second-order valence-corrected chi connectivity index (χ2v) is 10.8. The molecule has 2 heterocycles. The Hall–Kier alpha value is -2.25. The van der Waals surface area contributed by atoms with E-state index in [0.29, 0.717) is 19.6 Å². The topological polar surface area (TPSA) is 70.6 Å². The van der Waals surface area contributed by atoms with Gasteiger partial charge in [-0.3, -0.25) is 9.78 Å². The van der Waals surface area contributed by atoms with Crippen molar-refractivity contribution >= 4 is 15.9 Å². The average molecular weight is 442 g/mol. The molecule has 1 aromatic heterocycles. The summed E-state index contributed by atoms with van der Waals surface area (Å²) in [6.07, 6.45) is 8.07. The van der Waals surface area contributed by atoms with Gasteiger partial charge in [0.1, 0.15) is 0 Å². The third-order valence-electron chi connectivity index (χ3n) is 6.48. The Kier molecular flexibility index (Phi) is 6.72. The lowest BCUT2D eigenvalue weighted by molar-refractivity contribution is -0.142. The van der Waals surface area contributed by atoms with Gasteiger partial charge < -0.3 is 4.90 Å². The molecular weight excluding hydrogens is 410 g/mol. The van der Waals surface area contributed by atoms with Gasteiger partial charge in [-0.2, -0.15) is 4.31 Å². The standard InChI is InChI=1S/C24H31N3O3S/c1-19-9-11-20(12-10-19)18-31(29,30)26-14-4-8-23(17-26)27(24(28)22-6-2-7-22)16-21-5-3-13-25-15-21/h3,5,9-13,15,22-23H,2,4,6-8,14,16-18H2,1H3. The molecule has 1 aliphatic carbocycles. The summed E-state index contributed by atoms with van der Waals surface area (Å²) in [6.45, 7) is 3.36. The van der Waals surface area contributed by atoms with Gasteiger partial charge >= 0.3 is 0 Å². The number of amides is 1. The fourth-order valence-electron chi connectivity index (χ4n) is 4.38. The Morgan fingerprint density at radius 2 is 1.87 bits per heavy atom. The number of rotatable bonds is 7. The van der Waals surface area contributed by atoms with Crippen LogP contribution in [0.4, 0.5) is 0 Å². The third-order valence-corrected chi connectivity index (χ3v) is 8.29. The zero-order chi connectivity index (χ0) is 21.8. The number of aromatic nitrogens is 1. The second-order valence-electron chi connectivity index (χ2n) is 8.85. The fourth-order valence-corrected chi connectivity index (χ4v) is 5.98. The Balaban J connectivity index is 1.50. The maximum Gasteiger partial charge on any atom is 0.226 e. The summed E-state index contributed by atoms with van der Waals surface area (Å²) < 4.78 is 27.9. The van der Waals surface area contributed by atoms with Crippen LogP contribution in [-0.4, -0.2) is 47.6 Å². The van der Waals surface area contributed by atoms with Gasteiger partial charge in [-0.1, -0.05) is 42.3 Å². The van der Waals surface area contributed by atoms with Gasteiger partial charge in [0.2, 0.25) is 15.9 Å². The number of benzene rings is 1. The van der Waals surface area contributed by atoms with E-state index in [-0.39, 0.29) is 23.6 Å². The van der Waals surface area contributed by atoms with Crippen molar-refractivity contribution in [3.8, 4) is 0 Å². The van der Waals surface area contributed by atoms with Crippen molar-refractivity contribution in [1.29, 1.82) is 0 Å². The molecular formula is C24H31N3O3S. The lowest BCUT2D eigenvalue weighted by Gasteiger charge is -2.41. The minimum atomic E-state index is -3.44. The van der Waals surface area contributed by atoms with Gasteiger partial charge in [0.15, 0.2) is 0 Å². The smallest absolute Gasteiger partial charge is 0.226 e. The maximum atomic E-state index is 13.2. The Morgan fingerprint density at radius 3 is 2.52 bits per heavy atom. The van der Waals surface area contributed by atoms with E-state index < -0.39 is 10.0 Å². The molecule has 31 heavy (non-hydrogen) atoms. The fraction of sp³-hybridized carbons (Fsp3) is 0.500. The molecule has 2 fully saturated rings. The minimum absolute atomic E-state index is 0.000817. The van der Waals surface area contributed by atoms with Crippen molar-refractivity contribution < 1.29 is 13.2 Å². The highest BCUT2D eigenvalue weighted by atomic mass is 32.2. The molecule has 2 aliphatic rings. The Morgan fingerprint density at radius 1 is 1.10 bits per heavy atom. The highest BCUT2D eigenvalue weighted by Gasteiger charge is 2.37. The van der Waals surface area contributed by atoms with E-state index in [1.807, 2.05) is 48.2 Å². The molecule has 1 atom stereocenters. The van der Waals surface area contributed by atoms with Crippen LogP contribution in [0, 0.1) is 12.8 Å². The van der Waals surface area contributed by atoms with Gasteiger partial charge in [-0.25, -0.2) is 8.42 Å². The predicted molar refractivity (Wildman–Crippen MR) is 121 cm³/mol. The third kappa shape index (κ3) is 5.33. The van der Waals surface area contributed by atoms with Gasteiger partial charge in [-0.15, -0.1) is 0 Å². The van der Waals surface area contributed by atoms with Crippen LogP contribution < -0.4 is 0 Å². The molecule has 1 aliphatic heterocycles. The van der Waals surface area contributed by atoms with Crippen LogP contribution in [0.3, 0.4) is 0 Å². The van der Waals surface area contributed by atoms with Crippen LogP contribution >= 0.6 is 0 Å². The van der Waals surface area contributed by atoms with Crippen molar-refractivity contribution in [3.05, 3.63) is 65.5 Å². The molecule has 0 N–H and O–H groups in total. The number of carbonyl (C=O) groups is 1. The number of nitrogens with zero attached hydrogens (tertiary/aromatic N) is 3. The van der Waals surface area contributed by atoms with E-state index in [1.54, 1.807) is 16.7 Å². The monoisotopic (exact) mass is 441 g/mol. The Labute approximate surface area is 185 Å². The maximum absolute atomic E-state index is 13.2. The first-order valence-electron chi connectivity index (χ1n) is 11.1. The zero-order valence-electron chi connectivity index (χ0n) is 18.1. The zero-order valence-corrected chi connectivity index (χ0v) is 18.9. The van der Waals surface area contributed by atoms with Crippen molar-refractivity contribution in [1.82, 2.24) is 14.2 Å². The largest absolute Gasteiger partial charge is 0.334 e. The van der Waals surface area contributed by atoms with Gasteiger partial charge in [0.25, 0.3) is 0 Å². The Bertz CT molecular complexity index is 988. The summed E-state index contributed by atoms with van der Waals surface area (Å²) in [5.74, 6) is 0.244.